The molecule has 35 heavy (non-hydrogen) atoms. The SMILES string of the molecule is CC(C)NC(=O)[C@@H](Cc1ccccc1)N(Cc1cccc(Cl)c1)C(=O)COc1ccc(Br)cc1Cl. The van der Waals surface area contributed by atoms with Gasteiger partial charge in [-0.2, -0.15) is 0 Å². The third-order valence-electron chi connectivity index (χ3n) is 5.19. The predicted molar refractivity (Wildman–Crippen MR) is 144 cm³/mol. The van der Waals surface area contributed by atoms with E-state index in [4.69, 9.17) is 27.9 Å². The zero-order valence-corrected chi connectivity index (χ0v) is 22.6. The van der Waals surface area contributed by atoms with Gasteiger partial charge in [0.25, 0.3) is 5.91 Å². The van der Waals surface area contributed by atoms with E-state index in [1.807, 2.05) is 56.3 Å². The lowest BCUT2D eigenvalue weighted by Crippen LogP contribution is -2.52. The van der Waals surface area contributed by atoms with Gasteiger partial charge in [0.15, 0.2) is 6.61 Å². The summed E-state index contributed by atoms with van der Waals surface area (Å²) in [6, 6.07) is 21.2. The van der Waals surface area contributed by atoms with Gasteiger partial charge in [-0.05, 0) is 55.3 Å². The lowest BCUT2D eigenvalue weighted by atomic mass is 10.0. The summed E-state index contributed by atoms with van der Waals surface area (Å²) in [4.78, 5) is 28.4. The molecule has 0 bridgehead atoms. The lowest BCUT2D eigenvalue weighted by Gasteiger charge is -2.32. The Morgan fingerprint density at radius 2 is 1.69 bits per heavy atom. The second-order valence-corrected chi connectivity index (χ2v) is 10.1. The van der Waals surface area contributed by atoms with Gasteiger partial charge >= 0.3 is 0 Å². The van der Waals surface area contributed by atoms with Crippen molar-refractivity contribution in [2.75, 3.05) is 6.61 Å². The van der Waals surface area contributed by atoms with Crippen molar-refractivity contribution < 1.29 is 14.3 Å². The molecule has 8 heteroatoms. The molecule has 0 aliphatic heterocycles. The van der Waals surface area contributed by atoms with Crippen LogP contribution in [0.3, 0.4) is 0 Å². The average Bonchev–Trinajstić information content (AvgIpc) is 2.81. The zero-order valence-electron chi connectivity index (χ0n) is 19.5. The van der Waals surface area contributed by atoms with Gasteiger partial charge in [0.1, 0.15) is 11.8 Å². The summed E-state index contributed by atoms with van der Waals surface area (Å²) in [5.74, 6) is -0.193. The number of hydrogen-bond acceptors (Lipinski definition) is 3. The first-order valence-electron chi connectivity index (χ1n) is 11.2. The topological polar surface area (TPSA) is 58.6 Å². The fourth-order valence-electron chi connectivity index (χ4n) is 3.58. The highest BCUT2D eigenvalue weighted by atomic mass is 79.9. The van der Waals surface area contributed by atoms with E-state index in [1.165, 1.54) is 0 Å². The van der Waals surface area contributed by atoms with E-state index in [-0.39, 0.29) is 31.0 Å². The van der Waals surface area contributed by atoms with Crippen LogP contribution in [0.5, 0.6) is 5.75 Å². The molecule has 3 aromatic carbocycles. The van der Waals surface area contributed by atoms with Gasteiger partial charge in [0.2, 0.25) is 5.91 Å². The van der Waals surface area contributed by atoms with E-state index in [2.05, 4.69) is 21.2 Å². The molecule has 0 unspecified atom stereocenters. The maximum Gasteiger partial charge on any atom is 0.261 e. The van der Waals surface area contributed by atoms with E-state index in [0.717, 1.165) is 15.6 Å². The second kappa shape index (κ2) is 13.0. The van der Waals surface area contributed by atoms with Crippen molar-refractivity contribution in [3.05, 3.63) is 98.4 Å². The molecule has 0 aliphatic carbocycles. The minimum Gasteiger partial charge on any atom is -0.482 e. The molecule has 0 fully saturated rings. The van der Waals surface area contributed by atoms with Crippen molar-refractivity contribution >= 4 is 50.9 Å². The number of nitrogens with zero attached hydrogens (tertiary/aromatic N) is 1. The normalized spacial score (nSPS) is 11.7. The van der Waals surface area contributed by atoms with Crippen LogP contribution in [0, 0.1) is 0 Å². The Bertz CT molecular complexity index is 1160. The van der Waals surface area contributed by atoms with Crippen LogP contribution in [-0.4, -0.2) is 35.4 Å². The van der Waals surface area contributed by atoms with Gasteiger partial charge in [-0.1, -0.05) is 81.6 Å². The highest BCUT2D eigenvalue weighted by Gasteiger charge is 2.31. The number of amides is 2. The van der Waals surface area contributed by atoms with Crippen molar-refractivity contribution in [1.29, 1.82) is 0 Å². The van der Waals surface area contributed by atoms with Crippen LogP contribution >= 0.6 is 39.1 Å². The third-order valence-corrected chi connectivity index (χ3v) is 6.21. The molecule has 184 valence electrons. The van der Waals surface area contributed by atoms with Gasteiger partial charge in [-0.25, -0.2) is 0 Å². The van der Waals surface area contributed by atoms with E-state index >= 15 is 0 Å². The van der Waals surface area contributed by atoms with Crippen molar-refractivity contribution in [1.82, 2.24) is 10.2 Å². The fourth-order valence-corrected chi connectivity index (χ4v) is 4.52. The third kappa shape index (κ3) is 8.27. The molecule has 5 nitrogen and oxygen atoms in total. The van der Waals surface area contributed by atoms with Crippen LogP contribution in [-0.2, 0) is 22.6 Å². The van der Waals surface area contributed by atoms with Crippen LogP contribution in [0.2, 0.25) is 10.0 Å². The molecular weight excluding hydrogens is 551 g/mol. The molecule has 0 radical (unpaired) electrons. The standard InChI is InChI=1S/C27H27BrCl2N2O3/c1-18(2)31-27(34)24(14-19-7-4-3-5-8-19)32(16-20-9-6-10-22(29)13-20)26(33)17-35-25-12-11-21(28)15-23(25)30/h3-13,15,18,24H,14,16-17H2,1-2H3,(H,31,34)/t24-/m1/s1. The van der Waals surface area contributed by atoms with Gasteiger partial charge in [-0.15, -0.1) is 0 Å². The number of hydrogen-bond donors (Lipinski definition) is 1. The van der Waals surface area contributed by atoms with E-state index in [1.54, 1.807) is 35.2 Å². The van der Waals surface area contributed by atoms with Crippen LogP contribution in [0.4, 0.5) is 0 Å². The summed E-state index contributed by atoms with van der Waals surface area (Å²) >= 11 is 15.8. The monoisotopic (exact) mass is 576 g/mol. The first-order chi connectivity index (χ1) is 16.7. The molecule has 0 saturated carbocycles. The van der Waals surface area contributed by atoms with Gasteiger partial charge in [0, 0.05) is 28.5 Å². The van der Waals surface area contributed by atoms with Gasteiger partial charge < -0.3 is 15.0 Å². The van der Waals surface area contributed by atoms with Crippen molar-refractivity contribution in [3.8, 4) is 5.75 Å². The lowest BCUT2D eigenvalue weighted by molar-refractivity contribution is -0.143. The minimum absolute atomic E-state index is 0.0817. The molecule has 0 aromatic heterocycles. The quantitative estimate of drug-likeness (QED) is 0.308. The molecule has 0 spiro atoms. The first-order valence-corrected chi connectivity index (χ1v) is 12.7. The zero-order chi connectivity index (χ0) is 25.4. The molecular formula is C27H27BrCl2N2O3. The average molecular weight is 578 g/mol. The predicted octanol–water partition coefficient (Wildman–Crippen LogP) is 6.30. The fraction of sp³-hybridized carbons (Fsp3) is 0.259. The molecule has 1 N–H and O–H groups in total. The van der Waals surface area contributed by atoms with Crippen LogP contribution in [0.25, 0.3) is 0 Å². The summed E-state index contributed by atoms with van der Waals surface area (Å²) in [5.41, 5.74) is 1.75. The Hall–Kier alpha value is -2.54. The number of halogens is 3. The van der Waals surface area contributed by atoms with Crippen LogP contribution in [0.15, 0.2) is 77.3 Å². The van der Waals surface area contributed by atoms with E-state index in [0.29, 0.717) is 22.2 Å². The Labute approximate surface area is 224 Å². The molecule has 0 heterocycles. The maximum atomic E-state index is 13.5. The van der Waals surface area contributed by atoms with E-state index in [9.17, 15) is 9.59 Å². The van der Waals surface area contributed by atoms with Crippen LogP contribution < -0.4 is 10.1 Å². The molecule has 3 rings (SSSR count). The summed E-state index contributed by atoms with van der Waals surface area (Å²) in [5, 5.41) is 3.89. The van der Waals surface area contributed by atoms with Crippen molar-refractivity contribution in [2.24, 2.45) is 0 Å². The summed E-state index contributed by atoms with van der Waals surface area (Å²) in [6.07, 6.45) is 0.352. The summed E-state index contributed by atoms with van der Waals surface area (Å²) < 4.78 is 6.56. The Morgan fingerprint density at radius 1 is 0.971 bits per heavy atom. The highest BCUT2D eigenvalue weighted by Crippen LogP contribution is 2.28. The molecule has 1 atom stereocenters. The van der Waals surface area contributed by atoms with Gasteiger partial charge in [-0.3, -0.25) is 9.59 Å². The smallest absolute Gasteiger partial charge is 0.261 e. The minimum atomic E-state index is -0.754. The largest absolute Gasteiger partial charge is 0.482 e. The second-order valence-electron chi connectivity index (χ2n) is 8.38. The van der Waals surface area contributed by atoms with E-state index < -0.39 is 6.04 Å². The molecule has 0 aliphatic rings. The summed E-state index contributed by atoms with van der Waals surface area (Å²) in [7, 11) is 0. The van der Waals surface area contributed by atoms with Crippen LogP contribution in [0.1, 0.15) is 25.0 Å². The number of carbonyl (C=O) groups is 2. The maximum absolute atomic E-state index is 13.5. The number of benzene rings is 3. The number of nitrogens with one attached hydrogen (secondary N) is 1. The number of ether oxygens (including phenoxy) is 1. The van der Waals surface area contributed by atoms with Crippen molar-refractivity contribution in [2.45, 2.75) is 38.9 Å². The number of carbonyl (C=O) groups excluding carboxylic acids is 2. The molecule has 0 saturated heterocycles. The highest BCUT2D eigenvalue weighted by molar-refractivity contribution is 9.10. The Kier molecular flexibility index (Phi) is 10.0. The Morgan fingerprint density at radius 3 is 2.34 bits per heavy atom. The Balaban J connectivity index is 1.92. The first kappa shape index (κ1) is 27.1. The van der Waals surface area contributed by atoms with Gasteiger partial charge in [0.05, 0.1) is 5.02 Å². The molecule has 3 aromatic rings. The molecule has 2 amide bonds. The van der Waals surface area contributed by atoms with Crippen molar-refractivity contribution in [3.63, 3.8) is 0 Å². The summed E-state index contributed by atoms with van der Waals surface area (Å²) in [6.45, 7) is 3.69. The number of rotatable bonds is 10.